The molecular formula is C15H32IN3O. The predicted molar refractivity (Wildman–Crippen MR) is 96.7 cm³/mol. The van der Waals surface area contributed by atoms with E-state index >= 15 is 0 Å². The molecule has 1 atom stereocenters. The zero-order chi connectivity index (χ0) is 14.1. The van der Waals surface area contributed by atoms with Crippen molar-refractivity contribution >= 4 is 29.9 Å². The van der Waals surface area contributed by atoms with Gasteiger partial charge in [-0.1, -0.05) is 26.7 Å². The molecule has 1 aliphatic rings. The van der Waals surface area contributed by atoms with Crippen molar-refractivity contribution in [3.63, 3.8) is 0 Å². The lowest BCUT2D eigenvalue weighted by Crippen LogP contribution is -2.39. The monoisotopic (exact) mass is 397 g/mol. The van der Waals surface area contributed by atoms with Crippen LogP contribution in [0.25, 0.3) is 0 Å². The number of guanidine groups is 1. The van der Waals surface area contributed by atoms with Gasteiger partial charge in [0.05, 0.1) is 0 Å². The van der Waals surface area contributed by atoms with E-state index in [-0.39, 0.29) is 24.0 Å². The molecule has 0 radical (unpaired) electrons. The van der Waals surface area contributed by atoms with Gasteiger partial charge in [-0.3, -0.25) is 4.99 Å². The Morgan fingerprint density at radius 2 is 1.90 bits per heavy atom. The Morgan fingerprint density at radius 3 is 2.50 bits per heavy atom. The molecule has 0 spiro atoms. The Balaban J connectivity index is 0.00000361. The molecular weight excluding hydrogens is 365 g/mol. The van der Waals surface area contributed by atoms with Gasteiger partial charge in [0, 0.05) is 25.8 Å². The Bertz CT molecular complexity index is 266. The molecule has 1 unspecified atom stereocenters. The summed E-state index contributed by atoms with van der Waals surface area (Å²) < 4.78 is 5.34. The summed E-state index contributed by atoms with van der Waals surface area (Å²) in [6.07, 6.45) is 5.91. The van der Waals surface area contributed by atoms with E-state index in [1.807, 2.05) is 0 Å². The molecule has 1 heterocycles. The van der Waals surface area contributed by atoms with E-state index in [4.69, 9.17) is 10.5 Å². The van der Waals surface area contributed by atoms with E-state index in [1.54, 1.807) is 0 Å². The highest BCUT2D eigenvalue weighted by Gasteiger charge is 2.13. The molecule has 0 aromatic rings. The first kappa shape index (κ1) is 20.0. The zero-order valence-electron chi connectivity index (χ0n) is 13.2. The van der Waals surface area contributed by atoms with Crippen LogP contribution >= 0.6 is 24.0 Å². The van der Waals surface area contributed by atoms with E-state index < -0.39 is 0 Å². The molecule has 1 fully saturated rings. The minimum Gasteiger partial charge on any atom is -0.381 e. The molecule has 0 bridgehead atoms. The van der Waals surface area contributed by atoms with Crippen molar-refractivity contribution in [2.45, 2.75) is 58.9 Å². The zero-order valence-corrected chi connectivity index (χ0v) is 15.6. The van der Waals surface area contributed by atoms with Gasteiger partial charge in [-0.15, -0.1) is 24.0 Å². The summed E-state index contributed by atoms with van der Waals surface area (Å²) in [6, 6.07) is 0.414. The number of hydrogen-bond donors (Lipinski definition) is 2. The molecule has 0 aromatic heterocycles. The molecule has 20 heavy (non-hydrogen) atoms. The Kier molecular flexibility index (Phi) is 11.6. The smallest absolute Gasteiger partial charge is 0.188 e. The van der Waals surface area contributed by atoms with Gasteiger partial charge in [0.25, 0.3) is 0 Å². The van der Waals surface area contributed by atoms with E-state index in [0.29, 0.717) is 17.9 Å². The van der Waals surface area contributed by atoms with Crippen LogP contribution in [0, 0.1) is 11.8 Å². The number of rotatable bonds is 7. The van der Waals surface area contributed by atoms with Gasteiger partial charge in [0.2, 0.25) is 0 Å². The van der Waals surface area contributed by atoms with Crippen LogP contribution in [-0.4, -0.2) is 31.8 Å². The van der Waals surface area contributed by atoms with Crippen molar-refractivity contribution in [1.29, 1.82) is 0 Å². The summed E-state index contributed by atoms with van der Waals surface area (Å²) in [5.41, 5.74) is 5.93. The maximum absolute atomic E-state index is 5.93. The molecule has 0 saturated carbocycles. The first-order valence-corrected chi connectivity index (χ1v) is 7.72. The lowest BCUT2D eigenvalue weighted by atomic mass is 10.0. The fraction of sp³-hybridized carbons (Fsp3) is 0.933. The molecule has 0 amide bonds. The maximum Gasteiger partial charge on any atom is 0.188 e. The third-order valence-electron chi connectivity index (χ3n) is 3.67. The van der Waals surface area contributed by atoms with Gasteiger partial charge < -0.3 is 15.8 Å². The number of nitrogens with one attached hydrogen (secondary N) is 1. The van der Waals surface area contributed by atoms with E-state index in [9.17, 15) is 0 Å². The second-order valence-corrected chi connectivity index (χ2v) is 6.15. The van der Waals surface area contributed by atoms with Gasteiger partial charge in [0.1, 0.15) is 0 Å². The molecule has 0 aliphatic carbocycles. The molecule has 3 N–H and O–H groups in total. The SMILES string of the molecule is CC(C)CCCC(C)NC(N)=NCC1CCOCC1.I. The summed E-state index contributed by atoms with van der Waals surface area (Å²) in [5, 5.41) is 3.29. The Hall–Kier alpha value is -0.0400. The minimum absolute atomic E-state index is 0. The van der Waals surface area contributed by atoms with Crippen molar-refractivity contribution in [3.8, 4) is 0 Å². The highest BCUT2D eigenvalue weighted by Crippen LogP contribution is 2.14. The van der Waals surface area contributed by atoms with Gasteiger partial charge in [-0.05, 0) is 38.0 Å². The summed E-state index contributed by atoms with van der Waals surface area (Å²) in [7, 11) is 0. The van der Waals surface area contributed by atoms with Crippen LogP contribution in [0.4, 0.5) is 0 Å². The molecule has 1 rings (SSSR count). The van der Waals surface area contributed by atoms with Crippen LogP contribution in [0.1, 0.15) is 52.9 Å². The lowest BCUT2D eigenvalue weighted by molar-refractivity contribution is 0.0689. The van der Waals surface area contributed by atoms with Gasteiger partial charge in [-0.2, -0.15) is 0 Å². The van der Waals surface area contributed by atoms with Crippen LogP contribution in [-0.2, 0) is 4.74 Å². The van der Waals surface area contributed by atoms with Gasteiger partial charge in [-0.25, -0.2) is 0 Å². The van der Waals surface area contributed by atoms with Crippen molar-refractivity contribution in [3.05, 3.63) is 0 Å². The molecule has 1 saturated heterocycles. The Morgan fingerprint density at radius 1 is 1.25 bits per heavy atom. The third kappa shape index (κ3) is 9.80. The van der Waals surface area contributed by atoms with Crippen molar-refractivity contribution < 1.29 is 4.74 Å². The first-order valence-electron chi connectivity index (χ1n) is 7.72. The van der Waals surface area contributed by atoms with Gasteiger partial charge >= 0.3 is 0 Å². The number of ether oxygens (including phenoxy) is 1. The summed E-state index contributed by atoms with van der Waals surface area (Å²) in [6.45, 7) is 9.29. The highest BCUT2D eigenvalue weighted by atomic mass is 127. The van der Waals surface area contributed by atoms with Crippen LogP contribution in [0.5, 0.6) is 0 Å². The first-order chi connectivity index (χ1) is 9.08. The normalized spacial score (nSPS) is 18.7. The van der Waals surface area contributed by atoms with Crippen LogP contribution < -0.4 is 11.1 Å². The fourth-order valence-electron chi connectivity index (χ4n) is 2.36. The third-order valence-corrected chi connectivity index (χ3v) is 3.67. The predicted octanol–water partition coefficient (Wildman–Crippen LogP) is 3.15. The largest absolute Gasteiger partial charge is 0.381 e. The fourth-order valence-corrected chi connectivity index (χ4v) is 2.36. The average Bonchev–Trinajstić information content (AvgIpc) is 2.37. The molecule has 120 valence electrons. The van der Waals surface area contributed by atoms with Crippen LogP contribution in [0.2, 0.25) is 0 Å². The number of nitrogens with two attached hydrogens (primary N) is 1. The van der Waals surface area contributed by atoms with Crippen LogP contribution in [0.3, 0.4) is 0 Å². The second kappa shape index (κ2) is 11.6. The number of halogens is 1. The molecule has 0 aromatic carbocycles. The van der Waals surface area contributed by atoms with E-state index in [2.05, 4.69) is 31.1 Å². The number of nitrogens with zero attached hydrogens (tertiary/aromatic N) is 1. The van der Waals surface area contributed by atoms with Crippen molar-refractivity contribution in [1.82, 2.24) is 5.32 Å². The van der Waals surface area contributed by atoms with Crippen LogP contribution in [0.15, 0.2) is 4.99 Å². The maximum atomic E-state index is 5.93. The second-order valence-electron chi connectivity index (χ2n) is 6.15. The molecule has 5 heteroatoms. The van der Waals surface area contributed by atoms with Crippen molar-refractivity contribution in [2.75, 3.05) is 19.8 Å². The number of aliphatic imine (C=N–C) groups is 1. The van der Waals surface area contributed by atoms with Crippen molar-refractivity contribution in [2.24, 2.45) is 22.6 Å². The van der Waals surface area contributed by atoms with E-state index in [0.717, 1.165) is 44.9 Å². The summed E-state index contributed by atoms with van der Waals surface area (Å²) in [4.78, 5) is 4.46. The molecule has 1 aliphatic heterocycles. The molecule has 4 nitrogen and oxygen atoms in total. The van der Waals surface area contributed by atoms with Gasteiger partial charge in [0.15, 0.2) is 5.96 Å². The summed E-state index contributed by atoms with van der Waals surface area (Å²) >= 11 is 0. The lowest BCUT2D eigenvalue weighted by Gasteiger charge is -2.21. The van der Waals surface area contributed by atoms with E-state index in [1.165, 1.54) is 12.8 Å². The topological polar surface area (TPSA) is 59.6 Å². The minimum atomic E-state index is 0. The quantitative estimate of drug-likeness (QED) is 0.394. The highest BCUT2D eigenvalue weighted by molar-refractivity contribution is 14.0. The standard InChI is InChI=1S/C15H31N3O.HI/c1-12(2)5-4-6-13(3)18-15(16)17-11-14-7-9-19-10-8-14;/h12-14H,4-11H2,1-3H3,(H3,16,17,18);1H. The average molecular weight is 397 g/mol. The Labute approximate surface area is 141 Å². The number of hydrogen-bond acceptors (Lipinski definition) is 2. The summed E-state index contributed by atoms with van der Waals surface area (Å²) in [5.74, 6) is 2.03.